The standard InChI is InChI=1S/C20H18N4O3/c1-26-15-10-8-14(9-11-15)17-12-16(13-6-4-3-5-7-13)21-20-22-18(19(25)27-2)23-24(17)20/h3-12,17H,1-2H3,(H,21,22,23)/t17-/m0/s1. The number of rotatable bonds is 4. The Bertz CT molecular complexity index is 994. The fourth-order valence-corrected chi connectivity index (χ4v) is 3.00. The molecule has 4 rings (SSSR count). The van der Waals surface area contributed by atoms with Gasteiger partial charge < -0.3 is 14.8 Å². The molecule has 7 heteroatoms. The van der Waals surface area contributed by atoms with E-state index in [4.69, 9.17) is 9.47 Å². The molecule has 1 aliphatic heterocycles. The predicted octanol–water partition coefficient (Wildman–Crippen LogP) is 3.13. The second-order valence-electron chi connectivity index (χ2n) is 5.98. The van der Waals surface area contributed by atoms with Crippen LogP contribution < -0.4 is 10.1 Å². The molecule has 1 atom stereocenters. The van der Waals surface area contributed by atoms with E-state index in [-0.39, 0.29) is 11.9 Å². The van der Waals surface area contributed by atoms with Gasteiger partial charge in [-0.15, -0.1) is 5.10 Å². The van der Waals surface area contributed by atoms with Crippen LogP contribution in [0.3, 0.4) is 0 Å². The number of aromatic nitrogens is 3. The molecule has 0 bridgehead atoms. The Hall–Kier alpha value is -3.61. The van der Waals surface area contributed by atoms with Gasteiger partial charge in [0.2, 0.25) is 5.95 Å². The highest BCUT2D eigenvalue weighted by atomic mass is 16.5. The number of fused-ring (bicyclic) bond motifs is 1. The molecule has 0 radical (unpaired) electrons. The van der Waals surface area contributed by atoms with Crippen LogP contribution in [-0.2, 0) is 4.74 Å². The van der Waals surface area contributed by atoms with E-state index in [2.05, 4.69) is 21.5 Å². The molecular weight excluding hydrogens is 344 g/mol. The zero-order valence-corrected chi connectivity index (χ0v) is 14.9. The number of benzene rings is 2. The maximum absolute atomic E-state index is 11.9. The number of nitrogens with one attached hydrogen (secondary N) is 1. The number of nitrogens with zero attached hydrogens (tertiary/aromatic N) is 3. The normalized spacial score (nSPS) is 15.3. The first-order chi connectivity index (χ1) is 13.2. The summed E-state index contributed by atoms with van der Waals surface area (Å²) in [6.07, 6.45) is 2.06. The first-order valence-electron chi connectivity index (χ1n) is 8.42. The minimum absolute atomic E-state index is 0.0150. The lowest BCUT2D eigenvalue weighted by Crippen LogP contribution is -2.20. The van der Waals surface area contributed by atoms with Gasteiger partial charge in [0, 0.05) is 5.70 Å². The minimum Gasteiger partial charge on any atom is -0.497 e. The molecule has 27 heavy (non-hydrogen) atoms. The summed E-state index contributed by atoms with van der Waals surface area (Å²) in [6, 6.07) is 17.4. The van der Waals surface area contributed by atoms with Crippen molar-refractivity contribution in [1.29, 1.82) is 0 Å². The van der Waals surface area contributed by atoms with E-state index in [0.29, 0.717) is 5.95 Å². The predicted molar refractivity (Wildman–Crippen MR) is 101 cm³/mol. The third-order valence-corrected chi connectivity index (χ3v) is 4.38. The number of anilines is 1. The second kappa shape index (κ2) is 6.95. The molecule has 0 saturated carbocycles. The molecule has 0 fully saturated rings. The van der Waals surface area contributed by atoms with Crippen molar-refractivity contribution in [2.45, 2.75) is 6.04 Å². The van der Waals surface area contributed by atoms with Gasteiger partial charge in [0.05, 0.1) is 14.2 Å². The van der Waals surface area contributed by atoms with Gasteiger partial charge in [0.1, 0.15) is 11.8 Å². The van der Waals surface area contributed by atoms with Crippen LogP contribution in [0.15, 0.2) is 60.7 Å². The van der Waals surface area contributed by atoms with Crippen molar-refractivity contribution in [3.8, 4) is 5.75 Å². The molecule has 1 aromatic heterocycles. The molecule has 0 amide bonds. The summed E-state index contributed by atoms with van der Waals surface area (Å²) >= 11 is 0. The molecule has 1 aliphatic rings. The molecule has 1 N–H and O–H groups in total. The smallest absolute Gasteiger partial charge is 0.378 e. The first-order valence-corrected chi connectivity index (χ1v) is 8.42. The van der Waals surface area contributed by atoms with Crippen molar-refractivity contribution in [3.63, 3.8) is 0 Å². The Morgan fingerprint density at radius 1 is 1.07 bits per heavy atom. The maximum atomic E-state index is 11.9. The van der Waals surface area contributed by atoms with Crippen LogP contribution >= 0.6 is 0 Å². The van der Waals surface area contributed by atoms with Gasteiger partial charge >= 0.3 is 5.97 Å². The Balaban J connectivity index is 1.81. The van der Waals surface area contributed by atoms with Crippen molar-refractivity contribution in [1.82, 2.24) is 14.8 Å². The van der Waals surface area contributed by atoms with E-state index >= 15 is 0 Å². The van der Waals surface area contributed by atoms with E-state index in [9.17, 15) is 4.79 Å². The van der Waals surface area contributed by atoms with Gasteiger partial charge in [-0.2, -0.15) is 4.98 Å². The van der Waals surface area contributed by atoms with Crippen molar-refractivity contribution in [2.24, 2.45) is 0 Å². The number of allylic oxidation sites excluding steroid dienone is 1. The summed E-state index contributed by atoms with van der Waals surface area (Å²) in [5, 5.41) is 7.60. The molecule has 2 heterocycles. The second-order valence-corrected chi connectivity index (χ2v) is 5.98. The van der Waals surface area contributed by atoms with E-state index in [1.807, 2.05) is 54.6 Å². The number of carbonyl (C=O) groups is 1. The highest BCUT2D eigenvalue weighted by Gasteiger charge is 2.27. The molecular formula is C20H18N4O3. The molecule has 0 saturated heterocycles. The van der Waals surface area contributed by atoms with Gasteiger partial charge in [-0.25, -0.2) is 9.48 Å². The van der Waals surface area contributed by atoms with Gasteiger partial charge in [-0.3, -0.25) is 0 Å². The van der Waals surface area contributed by atoms with Crippen LogP contribution in [0.2, 0.25) is 0 Å². The van der Waals surface area contributed by atoms with E-state index in [1.165, 1.54) is 7.11 Å². The summed E-state index contributed by atoms with van der Waals surface area (Å²) in [5.74, 6) is 0.696. The number of esters is 1. The summed E-state index contributed by atoms with van der Waals surface area (Å²) < 4.78 is 11.7. The Kier molecular flexibility index (Phi) is 4.33. The number of ether oxygens (including phenoxy) is 2. The Morgan fingerprint density at radius 2 is 1.81 bits per heavy atom. The molecule has 0 spiro atoms. The fraction of sp³-hybridized carbons (Fsp3) is 0.150. The van der Waals surface area contributed by atoms with E-state index < -0.39 is 5.97 Å². The minimum atomic E-state index is -0.576. The molecule has 136 valence electrons. The lowest BCUT2D eigenvalue weighted by atomic mass is 10.0. The van der Waals surface area contributed by atoms with Gasteiger partial charge in [0.15, 0.2) is 0 Å². The van der Waals surface area contributed by atoms with Crippen molar-refractivity contribution >= 4 is 17.6 Å². The summed E-state index contributed by atoms with van der Waals surface area (Å²) in [5.41, 5.74) is 2.91. The van der Waals surface area contributed by atoms with Crippen LogP contribution in [0, 0.1) is 0 Å². The van der Waals surface area contributed by atoms with Crippen LogP contribution in [0.25, 0.3) is 5.70 Å². The first kappa shape index (κ1) is 16.8. The zero-order valence-electron chi connectivity index (χ0n) is 14.9. The molecule has 0 aliphatic carbocycles. The van der Waals surface area contributed by atoms with Crippen molar-refractivity contribution < 1.29 is 14.3 Å². The summed E-state index contributed by atoms with van der Waals surface area (Å²) in [4.78, 5) is 16.2. The van der Waals surface area contributed by atoms with Crippen LogP contribution in [-0.4, -0.2) is 35.0 Å². The third kappa shape index (κ3) is 3.15. The average Bonchev–Trinajstić information content (AvgIpc) is 3.17. The monoisotopic (exact) mass is 362 g/mol. The Morgan fingerprint density at radius 3 is 2.48 bits per heavy atom. The topological polar surface area (TPSA) is 78.3 Å². The number of methoxy groups -OCH3 is 2. The number of hydrogen-bond donors (Lipinski definition) is 1. The van der Waals surface area contributed by atoms with Crippen LogP contribution in [0.5, 0.6) is 5.75 Å². The maximum Gasteiger partial charge on any atom is 0.378 e. The zero-order chi connectivity index (χ0) is 18.8. The summed E-state index contributed by atoms with van der Waals surface area (Å²) in [7, 11) is 2.94. The quantitative estimate of drug-likeness (QED) is 0.719. The van der Waals surface area contributed by atoms with Crippen LogP contribution in [0.1, 0.15) is 27.8 Å². The van der Waals surface area contributed by atoms with E-state index in [1.54, 1.807) is 11.8 Å². The SMILES string of the molecule is COC(=O)c1nc2n(n1)[C@H](c1ccc(OC)cc1)C=C(c1ccccc1)N2. The summed E-state index contributed by atoms with van der Waals surface area (Å²) in [6.45, 7) is 0. The third-order valence-electron chi connectivity index (χ3n) is 4.38. The molecule has 2 aromatic carbocycles. The van der Waals surface area contributed by atoms with Crippen molar-refractivity contribution in [2.75, 3.05) is 19.5 Å². The Labute approximate surface area is 156 Å². The average molecular weight is 362 g/mol. The van der Waals surface area contributed by atoms with Crippen LogP contribution in [0.4, 0.5) is 5.95 Å². The highest BCUT2D eigenvalue weighted by Crippen LogP contribution is 2.33. The number of carbonyl (C=O) groups excluding carboxylic acids is 1. The highest BCUT2D eigenvalue weighted by molar-refractivity contribution is 5.86. The van der Waals surface area contributed by atoms with Gasteiger partial charge in [0.25, 0.3) is 5.82 Å². The van der Waals surface area contributed by atoms with E-state index in [0.717, 1.165) is 22.6 Å². The van der Waals surface area contributed by atoms with Crippen molar-refractivity contribution in [3.05, 3.63) is 77.6 Å². The van der Waals surface area contributed by atoms with Gasteiger partial charge in [-0.05, 0) is 29.3 Å². The lowest BCUT2D eigenvalue weighted by molar-refractivity contribution is 0.0586. The molecule has 0 unspecified atom stereocenters. The lowest BCUT2D eigenvalue weighted by Gasteiger charge is -2.24. The fourth-order valence-electron chi connectivity index (χ4n) is 3.00. The molecule has 3 aromatic rings. The van der Waals surface area contributed by atoms with Gasteiger partial charge in [-0.1, -0.05) is 42.5 Å². The molecule has 7 nitrogen and oxygen atoms in total. The largest absolute Gasteiger partial charge is 0.497 e. The number of hydrogen-bond acceptors (Lipinski definition) is 6.